The third kappa shape index (κ3) is 1.62. The van der Waals surface area contributed by atoms with Crippen molar-refractivity contribution >= 4 is 11.1 Å². The van der Waals surface area contributed by atoms with Gasteiger partial charge in [-0.2, -0.15) is 0 Å². The lowest BCUT2D eigenvalue weighted by atomic mass is 10.0. The molecule has 0 N–H and O–H groups in total. The summed E-state index contributed by atoms with van der Waals surface area (Å²) >= 11 is 0. The minimum Gasteiger partial charge on any atom is -0.264 e. The Bertz CT molecular complexity index is 291. The summed E-state index contributed by atoms with van der Waals surface area (Å²) in [5, 5.41) is 0. The predicted octanol–water partition coefficient (Wildman–Crippen LogP) is 3.15. The molecule has 0 aliphatic carbocycles. The molecule has 0 saturated carbocycles. The molecule has 0 fully saturated rings. The van der Waals surface area contributed by atoms with E-state index in [1.165, 1.54) is 0 Å². The highest BCUT2D eigenvalue weighted by Gasteiger charge is 2.01. The third-order valence-electron chi connectivity index (χ3n) is 1.74. The van der Waals surface area contributed by atoms with Crippen LogP contribution in [0.1, 0.15) is 25.0 Å². The fraction of sp³-hybridized carbons (Fsp3) is 0.182. The normalized spacial score (nSPS) is 9.50. The van der Waals surface area contributed by atoms with Crippen LogP contribution in [0.25, 0.3) is 11.1 Å². The van der Waals surface area contributed by atoms with Gasteiger partial charge in [-0.25, -0.2) is 0 Å². The Balaban J connectivity index is 3.27. The van der Waals surface area contributed by atoms with Gasteiger partial charge in [0.2, 0.25) is 0 Å². The van der Waals surface area contributed by atoms with Gasteiger partial charge in [-0.05, 0) is 31.1 Å². The zero-order valence-corrected chi connectivity index (χ0v) is 7.59. The fourth-order valence-corrected chi connectivity index (χ4v) is 1.11. The maximum absolute atomic E-state index is 4.05. The van der Waals surface area contributed by atoms with Crippen molar-refractivity contribution in [3.63, 3.8) is 0 Å². The second-order valence-corrected chi connectivity index (χ2v) is 2.98. The molecule has 1 aromatic rings. The summed E-state index contributed by atoms with van der Waals surface area (Å²) in [6, 6.07) is 1.96. The van der Waals surface area contributed by atoms with E-state index < -0.39 is 0 Å². The van der Waals surface area contributed by atoms with Crippen LogP contribution in [0.5, 0.6) is 0 Å². The molecule has 12 heavy (non-hydrogen) atoms. The Morgan fingerprint density at radius 1 is 1.17 bits per heavy atom. The van der Waals surface area contributed by atoms with Gasteiger partial charge in [-0.15, -0.1) is 0 Å². The molecule has 0 unspecified atom stereocenters. The standard InChI is InChI=1S/C11H13N/c1-8(2)10-5-6-12-7-11(10)9(3)4/h5-7H,1,3H2,2,4H3. The lowest BCUT2D eigenvalue weighted by Gasteiger charge is -2.06. The summed E-state index contributed by atoms with van der Waals surface area (Å²) < 4.78 is 0. The monoisotopic (exact) mass is 159 g/mol. The summed E-state index contributed by atoms with van der Waals surface area (Å²) in [4.78, 5) is 4.05. The van der Waals surface area contributed by atoms with Gasteiger partial charge in [0, 0.05) is 18.0 Å². The Morgan fingerprint density at radius 2 is 1.75 bits per heavy atom. The van der Waals surface area contributed by atoms with Crippen LogP contribution in [-0.4, -0.2) is 4.98 Å². The molecule has 0 amide bonds. The predicted molar refractivity (Wildman–Crippen MR) is 53.7 cm³/mol. The minimum atomic E-state index is 1.03. The van der Waals surface area contributed by atoms with Crippen molar-refractivity contribution in [1.82, 2.24) is 4.98 Å². The molecule has 0 aliphatic rings. The summed E-state index contributed by atoms with van der Waals surface area (Å²) in [5.41, 5.74) is 4.30. The lowest BCUT2D eigenvalue weighted by Crippen LogP contribution is -1.88. The minimum absolute atomic E-state index is 1.03. The molecule has 1 rings (SSSR count). The van der Waals surface area contributed by atoms with Gasteiger partial charge in [0.25, 0.3) is 0 Å². The van der Waals surface area contributed by atoms with Crippen LogP contribution in [0, 0.1) is 0 Å². The Labute approximate surface area is 73.5 Å². The molecule has 62 valence electrons. The fourth-order valence-electron chi connectivity index (χ4n) is 1.11. The molecule has 0 atom stereocenters. The second-order valence-electron chi connectivity index (χ2n) is 2.98. The van der Waals surface area contributed by atoms with Crippen LogP contribution in [0.15, 0.2) is 31.6 Å². The van der Waals surface area contributed by atoms with Crippen LogP contribution in [0.4, 0.5) is 0 Å². The summed E-state index contributed by atoms with van der Waals surface area (Å²) in [6.07, 6.45) is 3.60. The number of hydrogen-bond acceptors (Lipinski definition) is 1. The van der Waals surface area contributed by atoms with Gasteiger partial charge in [-0.1, -0.05) is 18.7 Å². The Morgan fingerprint density at radius 3 is 2.17 bits per heavy atom. The molecule has 1 nitrogen and oxygen atoms in total. The van der Waals surface area contributed by atoms with Crippen molar-refractivity contribution in [2.45, 2.75) is 13.8 Å². The van der Waals surface area contributed by atoms with E-state index in [2.05, 4.69) is 18.1 Å². The first-order chi connectivity index (χ1) is 5.63. The molecule has 0 bridgehead atoms. The third-order valence-corrected chi connectivity index (χ3v) is 1.74. The molecular weight excluding hydrogens is 146 g/mol. The summed E-state index contributed by atoms with van der Waals surface area (Å²) in [7, 11) is 0. The van der Waals surface area contributed by atoms with Gasteiger partial charge < -0.3 is 0 Å². The van der Waals surface area contributed by atoms with Gasteiger partial charge in [0.05, 0.1) is 0 Å². The number of hydrogen-bond donors (Lipinski definition) is 0. The zero-order chi connectivity index (χ0) is 9.14. The van der Waals surface area contributed by atoms with Crippen LogP contribution in [0.3, 0.4) is 0 Å². The summed E-state index contributed by atoms with van der Waals surface area (Å²) in [5.74, 6) is 0. The molecule has 0 aliphatic heterocycles. The molecule has 0 saturated heterocycles. The van der Waals surface area contributed by atoms with Crippen molar-refractivity contribution in [2.24, 2.45) is 0 Å². The molecule has 1 aromatic heterocycles. The average Bonchev–Trinajstić information content (AvgIpc) is 2.04. The molecule has 0 aromatic carbocycles. The lowest BCUT2D eigenvalue weighted by molar-refractivity contribution is 1.29. The molecule has 1 heterocycles. The zero-order valence-electron chi connectivity index (χ0n) is 7.59. The summed E-state index contributed by atoms with van der Waals surface area (Å²) in [6.45, 7) is 11.8. The molecule has 0 radical (unpaired) electrons. The van der Waals surface area contributed by atoms with E-state index in [1.807, 2.05) is 26.1 Å². The topological polar surface area (TPSA) is 12.9 Å². The highest BCUT2D eigenvalue weighted by molar-refractivity contribution is 5.75. The first-order valence-corrected chi connectivity index (χ1v) is 3.88. The number of allylic oxidation sites excluding steroid dienone is 2. The quantitative estimate of drug-likeness (QED) is 0.646. The first kappa shape index (κ1) is 8.72. The van der Waals surface area contributed by atoms with E-state index in [0.29, 0.717) is 0 Å². The number of rotatable bonds is 2. The van der Waals surface area contributed by atoms with Crippen LogP contribution in [-0.2, 0) is 0 Å². The Kier molecular flexibility index (Phi) is 2.44. The van der Waals surface area contributed by atoms with E-state index >= 15 is 0 Å². The van der Waals surface area contributed by atoms with Crippen molar-refractivity contribution in [1.29, 1.82) is 0 Å². The second kappa shape index (κ2) is 3.35. The molecule has 0 spiro atoms. The number of aromatic nitrogens is 1. The Hall–Kier alpha value is -1.37. The van der Waals surface area contributed by atoms with E-state index in [1.54, 1.807) is 6.20 Å². The highest BCUT2D eigenvalue weighted by atomic mass is 14.6. The number of pyridine rings is 1. The van der Waals surface area contributed by atoms with E-state index in [0.717, 1.165) is 22.3 Å². The number of nitrogens with zero attached hydrogens (tertiary/aromatic N) is 1. The molecular formula is C11H13N. The van der Waals surface area contributed by atoms with Crippen LogP contribution in [0.2, 0.25) is 0 Å². The van der Waals surface area contributed by atoms with Gasteiger partial charge in [-0.3, -0.25) is 4.98 Å². The van der Waals surface area contributed by atoms with Gasteiger partial charge in [0.1, 0.15) is 0 Å². The SMILES string of the molecule is C=C(C)c1ccncc1C(=C)C. The van der Waals surface area contributed by atoms with E-state index in [-0.39, 0.29) is 0 Å². The first-order valence-electron chi connectivity index (χ1n) is 3.88. The van der Waals surface area contributed by atoms with Gasteiger partial charge in [0.15, 0.2) is 0 Å². The van der Waals surface area contributed by atoms with E-state index in [9.17, 15) is 0 Å². The van der Waals surface area contributed by atoms with Gasteiger partial charge >= 0.3 is 0 Å². The maximum Gasteiger partial charge on any atom is 0.0348 e. The van der Waals surface area contributed by atoms with Crippen LogP contribution >= 0.6 is 0 Å². The van der Waals surface area contributed by atoms with Crippen molar-refractivity contribution in [2.75, 3.05) is 0 Å². The van der Waals surface area contributed by atoms with Crippen molar-refractivity contribution in [3.05, 3.63) is 42.7 Å². The molecule has 1 heteroatoms. The highest BCUT2D eigenvalue weighted by Crippen LogP contribution is 2.21. The van der Waals surface area contributed by atoms with E-state index in [4.69, 9.17) is 0 Å². The largest absolute Gasteiger partial charge is 0.264 e. The average molecular weight is 159 g/mol. The smallest absolute Gasteiger partial charge is 0.0348 e. The van der Waals surface area contributed by atoms with Crippen LogP contribution < -0.4 is 0 Å². The van der Waals surface area contributed by atoms with Crippen molar-refractivity contribution < 1.29 is 0 Å². The maximum atomic E-state index is 4.05. The van der Waals surface area contributed by atoms with Crippen molar-refractivity contribution in [3.8, 4) is 0 Å².